The van der Waals surface area contributed by atoms with Crippen LogP contribution in [0.25, 0.3) is 0 Å². The van der Waals surface area contributed by atoms with Crippen LogP contribution in [-0.4, -0.2) is 37.0 Å². The number of rotatable bonds is 4. The summed E-state index contributed by atoms with van der Waals surface area (Å²) < 4.78 is 2.06. The maximum absolute atomic E-state index is 12.4. The van der Waals surface area contributed by atoms with E-state index in [9.17, 15) is 4.79 Å². The van der Waals surface area contributed by atoms with Crippen molar-refractivity contribution >= 4 is 23.2 Å². The Kier molecular flexibility index (Phi) is 5.36. The van der Waals surface area contributed by atoms with Gasteiger partial charge in [-0.3, -0.25) is 4.79 Å². The number of benzene rings is 1. The van der Waals surface area contributed by atoms with Crippen molar-refractivity contribution in [3.63, 3.8) is 0 Å². The minimum absolute atomic E-state index is 0.230. The van der Waals surface area contributed by atoms with Crippen molar-refractivity contribution in [3.8, 4) is 0 Å². The topological polar surface area (TPSA) is 27.4 Å². The van der Waals surface area contributed by atoms with E-state index in [2.05, 4.69) is 34.6 Å². The number of amides is 1. The van der Waals surface area contributed by atoms with Crippen LogP contribution in [0.1, 0.15) is 12.0 Å². The number of anilines is 1. The Hall–Kier alpha value is -2.07. The van der Waals surface area contributed by atoms with Gasteiger partial charge in [-0.05, 0) is 30.7 Å². The molecule has 2 aromatic rings. The number of piperazine rings is 1. The molecule has 0 atom stereocenters. The molecule has 0 radical (unpaired) electrons. The van der Waals surface area contributed by atoms with Gasteiger partial charge in [0, 0.05) is 49.0 Å². The van der Waals surface area contributed by atoms with Gasteiger partial charge in [-0.2, -0.15) is 0 Å². The average molecular weight is 345 g/mol. The van der Waals surface area contributed by atoms with Crippen LogP contribution >= 0.6 is 11.6 Å². The quantitative estimate of drug-likeness (QED) is 0.797. The first-order chi connectivity index (χ1) is 11.6. The van der Waals surface area contributed by atoms with E-state index in [0.717, 1.165) is 43.4 Å². The van der Waals surface area contributed by atoms with Crippen molar-refractivity contribution in [3.05, 3.63) is 59.4 Å². The highest BCUT2D eigenvalue weighted by Crippen LogP contribution is 2.20. The first kappa shape index (κ1) is 16.8. The van der Waals surface area contributed by atoms with Crippen molar-refractivity contribution in [2.24, 2.45) is 0 Å². The summed E-state index contributed by atoms with van der Waals surface area (Å²) in [6.45, 7) is 6.03. The number of pyridine rings is 1. The van der Waals surface area contributed by atoms with Gasteiger partial charge in [0.1, 0.15) is 0 Å². The summed E-state index contributed by atoms with van der Waals surface area (Å²) in [5.41, 5.74) is 2.36. The number of carbonyl (C=O) groups is 1. The molecule has 24 heavy (non-hydrogen) atoms. The summed E-state index contributed by atoms with van der Waals surface area (Å²) in [5.74, 6) is 0.230. The van der Waals surface area contributed by atoms with E-state index in [0.29, 0.717) is 6.42 Å². The summed E-state index contributed by atoms with van der Waals surface area (Å²) in [5, 5.41) is 0.751. The number of carbonyl (C=O) groups excluding carboxylic acids is 1. The van der Waals surface area contributed by atoms with Crippen LogP contribution < -0.4 is 9.47 Å². The van der Waals surface area contributed by atoms with Gasteiger partial charge in [0.25, 0.3) is 0 Å². The minimum Gasteiger partial charge on any atom is -0.368 e. The van der Waals surface area contributed by atoms with E-state index >= 15 is 0 Å². The Morgan fingerprint density at radius 1 is 1.12 bits per heavy atom. The lowest BCUT2D eigenvalue weighted by Gasteiger charge is -2.36. The van der Waals surface area contributed by atoms with Crippen LogP contribution in [0, 0.1) is 6.92 Å². The number of halogens is 1. The minimum atomic E-state index is 0.230. The van der Waals surface area contributed by atoms with Crippen LogP contribution in [0.5, 0.6) is 0 Å². The molecule has 2 heterocycles. The SMILES string of the molecule is Cc1cc[n+](CCC(=O)N2CCN(c3cccc(Cl)c3)CC2)cc1. The lowest BCUT2D eigenvalue weighted by Crippen LogP contribution is -2.49. The van der Waals surface area contributed by atoms with Crippen molar-refractivity contribution in [1.82, 2.24) is 4.90 Å². The molecule has 4 nitrogen and oxygen atoms in total. The maximum atomic E-state index is 12.4. The molecule has 1 fully saturated rings. The fourth-order valence-electron chi connectivity index (χ4n) is 2.95. The second kappa shape index (κ2) is 7.67. The van der Waals surface area contributed by atoms with Crippen molar-refractivity contribution < 1.29 is 9.36 Å². The molecule has 1 amide bonds. The molecule has 0 bridgehead atoms. The van der Waals surface area contributed by atoms with Gasteiger partial charge in [-0.15, -0.1) is 0 Å². The van der Waals surface area contributed by atoms with Gasteiger partial charge in [0.05, 0.1) is 6.42 Å². The fraction of sp³-hybridized carbons (Fsp3) is 0.368. The van der Waals surface area contributed by atoms with E-state index in [-0.39, 0.29) is 5.91 Å². The van der Waals surface area contributed by atoms with E-state index in [1.165, 1.54) is 5.56 Å². The fourth-order valence-corrected chi connectivity index (χ4v) is 3.14. The summed E-state index contributed by atoms with van der Waals surface area (Å²) >= 11 is 6.06. The number of aryl methyl sites for hydroxylation is 2. The van der Waals surface area contributed by atoms with Crippen molar-refractivity contribution in [2.75, 3.05) is 31.1 Å². The lowest BCUT2D eigenvalue weighted by atomic mass is 10.2. The standard InChI is InChI=1S/C19H23ClN3O/c1-16-5-8-21(9-6-16)10-7-19(24)23-13-11-22(12-14-23)18-4-2-3-17(20)15-18/h2-6,8-9,15H,7,10-14H2,1H3/q+1. The van der Waals surface area contributed by atoms with E-state index in [1.807, 2.05) is 35.5 Å². The maximum Gasteiger partial charge on any atom is 0.229 e. The van der Waals surface area contributed by atoms with Crippen molar-refractivity contribution in [1.29, 1.82) is 0 Å². The third-order valence-corrected chi connectivity index (χ3v) is 4.68. The second-order valence-corrected chi connectivity index (χ2v) is 6.65. The highest BCUT2D eigenvalue weighted by Gasteiger charge is 2.22. The number of nitrogens with zero attached hydrogens (tertiary/aromatic N) is 3. The predicted octanol–water partition coefficient (Wildman–Crippen LogP) is 2.67. The van der Waals surface area contributed by atoms with Crippen LogP contribution in [0.3, 0.4) is 0 Å². The smallest absolute Gasteiger partial charge is 0.229 e. The van der Waals surface area contributed by atoms with Gasteiger partial charge in [0.15, 0.2) is 18.9 Å². The average Bonchev–Trinajstić information content (AvgIpc) is 2.61. The van der Waals surface area contributed by atoms with Crippen molar-refractivity contribution in [2.45, 2.75) is 19.9 Å². The summed E-state index contributed by atoms with van der Waals surface area (Å²) in [6, 6.07) is 12.0. The Balaban J connectivity index is 1.49. The third kappa shape index (κ3) is 4.26. The molecular formula is C19H23ClN3O+. The van der Waals surface area contributed by atoms with Gasteiger partial charge in [0.2, 0.25) is 5.91 Å². The molecule has 1 aliphatic rings. The Labute approximate surface area is 148 Å². The Morgan fingerprint density at radius 3 is 2.50 bits per heavy atom. The molecule has 0 saturated carbocycles. The van der Waals surface area contributed by atoms with E-state index in [1.54, 1.807) is 0 Å². The molecule has 1 saturated heterocycles. The van der Waals surface area contributed by atoms with Gasteiger partial charge in [-0.25, -0.2) is 4.57 Å². The molecule has 126 valence electrons. The third-order valence-electron chi connectivity index (χ3n) is 4.45. The molecule has 0 unspecified atom stereocenters. The number of hydrogen-bond donors (Lipinski definition) is 0. The molecule has 3 rings (SSSR count). The molecule has 1 aromatic heterocycles. The summed E-state index contributed by atoms with van der Waals surface area (Å²) in [7, 11) is 0. The van der Waals surface area contributed by atoms with Gasteiger partial charge in [-0.1, -0.05) is 17.7 Å². The first-order valence-electron chi connectivity index (χ1n) is 8.36. The van der Waals surface area contributed by atoms with Gasteiger partial charge < -0.3 is 9.80 Å². The molecule has 0 aliphatic carbocycles. The lowest BCUT2D eigenvalue weighted by molar-refractivity contribution is -0.696. The van der Waals surface area contributed by atoms with Crippen LogP contribution in [0.2, 0.25) is 5.02 Å². The van der Waals surface area contributed by atoms with Crippen LogP contribution in [-0.2, 0) is 11.3 Å². The summed E-state index contributed by atoms with van der Waals surface area (Å²) in [4.78, 5) is 16.7. The first-order valence-corrected chi connectivity index (χ1v) is 8.73. The van der Waals surface area contributed by atoms with E-state index < -0.39 is 0 Å². The Bertz CT molecular complexity index is 694. The number of aromatic nitrogens is 1. The molecule has 1 aliphatic heterocycles. The zero-order valence-corrected chi connectivity index (χ0v) is 14.7. The monoisotopic (exact) mass is 344 g/mol. The predicted molar refractivity (Wildman–Crippen MR) is 96.2 cm³/mol. The van der Waals surface area contributed by atoms with Crippen LogP contribution in [0.15, 0.2) is 48.8 Å². The number of hydrogen-bond acceptors (Lipinski definition) is 2. The molecule has 0 spiro atoms. The highest BCUT2D eigenvalue weighted by atomic mass is 35.5. The molecule has 0 N–H and O–H groups in total. The largest absolute Gasteiger partial charge is 0.368 e. The molecule has 1 aromatic carbocycles. The second-order valence-electron chi connectivity index (χ2n) is 6.21. The zero-order valence-electron chi connectivity index (χ0n) is 14.0. The molecular weight excluding hydrogens is 322 g/mol. The highest BCUT2D eigenvalue weighted by molar-refractivity contribution is 6.30. The summed E-state index contributed by atoms with van der Waals surface area (Å²) in [6.07, 6.45) is 4.60. The zero-order chi connectivity index (χ0) is 16.9. The molecule has 5 heteroatoms. The normalized spacial score (nSPS) is 14.8. The van der Waals surface area contributed by atoms with Crippen LogP contribution in [0.4, 0.5) is 5.69 Å². The van der Waals surface area contributed by atoms with Gasteiger partial charge >= 0.3 is 0 Å². The Morgan fingerprint density at radius 2 is 1.83 bits per heavy atom. The van der Waals surface area contributed by atoms with E-state index in [4.69, 9.17) is 11.6 Å².